The van der Waals surface area contributed by atoms with E-state index in [0.29, 0.717) is 26.4 Å². The van der Waals surface area contributed by atoms with Crippen molar-refractivity contribution < 1.29 is 13.2 Å². The molecule has 0 saturated heterocycles. The van der Waals surface area contributed by atoms with Crippen LogP contribution in [0.2, 0.25) is 10.0 Å². The Bertz CT molecular complexity index is 1330. The highest BCUT2D eigenvalue weighted by Crippen LogP contribution is 2.60. The summed E-state index contributed by atoms with van der Waals surface area (Å²) in [5, 5.41) is 14.2. The zero-order valence-electron chi connectivity index (χ0n) is 17.0. The van der Waals surface area contributed by atoms with Crippen LogP contribution in [0.15, 0.2) is 53.4 Å². The van der Waals surface area contributed by atoms with E-state index < -0.39 is 11.6 Å². The van der Waals surface area contributed by atoms with Crippen molar-refractivity contribution in [1.29, 1.82) is 0 Å². The zero-order valence-corrected chi connectivity index (χ0v) is 20.2. The van der Waals surface area contributed by atoms with Crippen LogP contribution in [0.1, 0.15) is 17.8 Å². The third-order valence-electron chi connectivity index (χ3n) is 5.57. The average molecular weight is 527 g/mol. The summed E-state index contributed by atoms with van der Waals surface area (Å²) in [6.45, 7) is 0. The molecular formula is C22H15Cl2F3N4S2. The maximum Gasteiger partial charge on any atom is 0.400 e. The van der Waals surface area contributed by atoms with E-state index in [4.69, 9.17) is 28.3 Å². The molecule has 4 aromatic rings. The molecule has 0 atom stereocenters. The van der Waals surface area contributed by atoms with Crippen LogP contribution < -0.4 is 0 Å². The highest BCUT2D eigenvalue weighted by molar-refractivity contribution is 7.98. The molecule has 0 N–H and O–H groups in total. The molecule has 2 heterocycles. The van der Waals surface area contributed by atoms with Crippen molar-refractivity contribution in [2.24, 2.45) is 0 Å². The monoisotopic (exact) mass is 526 g/mol. The highest BCUT2D eigenvalue weighted by Gasteiger charge is 2.66. The quantitative estimate of drug-likeness (QED) is 0.250. The summed E-state index contributed by atoms with van der Waals surface area (Å²) in [4.78, 5) is 0.761. The van der Waals surface area contributed by atoms with Gasteiger partial charge in [0.15, 0.2) is 5.01 Å². The zero-order chi connectivity index (χ0) is 23.4. The van der Waals surface area contributed by atoms with Crippen LogP contribution in [0, 0.1) is 0 Å². The summed E-state index contributed by atoms with van der Waals surface area (Å²) in [6.07, 6.45) is -2.40. The Morgan fingerprint density at radius 2 is 1.73 bits per heavy atom. The molecular weight excluding hydrogens is 512 g/mol. The van der Waals surface area contributed by atoms with Gasteiger partial charge in [-0.25, -0.2) is 4.68 Å². The van der Waals surface area contributed by atoms with Gasteiger partial charge in [-0.1, -0.05) is 58.8 Å². The maximum absolute atomic E-state index is 13.6. The van der Waals surface area contributed by atoms with E-state index >= 15 is 0 Å². The summed E-state index contributed by atoms with van der Waals surface area (Å²) in [5.41, 5.74) is 0.808. The van der Waals surface area contributed by atoms with E-state index in [9.17, 15) is 13.2 Å². The number of rotatable bonds is 5. The fourth-order valence-corrected chi connectivity index (χ4v) is 5.89. The van der Waals surface area contributed by atoms with Crippen molar-refractivity contribution in [3.63, 3.8) is 0 Å². The second-order valence-electron chi connectivity index (χ2n) is 7.59. The largest absolute Gasteiger partial charge is 0.400 e. The summed E-state index contributed by atoms with van der Waals surface area (Å²) in [7, 11) is 0. The van der Waals surface area contributed by atoms with Crippen molar-refractivity contribution in [3.05, 3.63) is 63.6 Å². The Hall–Kier alpha value is -2.07. The van der Waals surface area contributed by atoms with Gasteiger partial charge in [-0.15, -0.1) is 22.0 Å². The molecule has 0 unspecified atom stereocenters. The van der Waals surface area contributed by atoms with E-state index in [1.165, 1.54) is 11.8 Å². The molecule has 4 nitrogen and oxygen atoms in total. The van der Waals surface area contributed by atoms with Crippen LogP contribution in [0.4, 0.5) is 13.2 Å². The molecule has 1 saturated carbocycles. The molecule has 0 aliphatic heterocycles. The van der Waals surface area contributed by atoms with Gasteiger partial charge in [0.2, 0.25) is 0 Å². The number of para-hydroxylation sites is 1. The molecule has 0 bridgehead atoms. The van der Waals surface area contributed by atoms with Crippen molar-refractivity contribution in [2.75, 3.05) is 6.26 Å². The number of hydrogen-bond acceptors (Lipinski definition) is 5. The standard InChI is InChI=1S/C22H15Cl2F3N4S2/c1-32-18-16(19-28-29-20(33-19)21(10-11-21)22(25,26)27)30-31(15-5-3-2-4-14(15)24)17(18)12-6-8-13(23)9-7-12/h2-9H,10-11H2,1H3. The number of halogens is 5. The number of alkyl halides is 3. The fraction of sp³-hybridized carbons (Fsp3) is 0.227. The van der Waals surface area contributed by atoms with Gasteiger partial charge in [-0.2, -0.15) is 18.3 Å². The first-order valence-electron chi connectivity index (χ1n) is 9.84. The third kappa shape index (κ3) is 3.84. The molecule has 11 heteroatoms. The molecule has 1 aliphatic rings. The van der Waals surface area contributed by atoms with Gasteiger partial charge in [0.1, 0.15) is 16.1 Å². The van der Waals surface area contributed by atoms with Crippen LogP contribution in [0.25, 0.3) is 27.6 Å². The van der Waals surface area contributed by atoms with Gasteiger partial charge in [0.05, 0.1) is 21.3 Å². The topological polar surface area (TPSA) is 43.6 Å². The lowest BCUT2D eigenvalue weighted by Gasteiger charge is -2.15. The van der Waals surface area contributed by atoms with Crippen molar-refractivity contribution in [3.8, 4) is 27.6 Å². The minimum Gasteiger partial charge on any atom is -0.230 e. The molecule has 2 aromatic heterocycles. The molecule has 0 radical (unpaired) electrons. The van der Waals surface area contributed by atoms with Gasteiger partial charge in [0, 0.05) is 10.6 Å². The summed E-state index contributed by atoms with van der Waals surface area (Å²) < 4.78 is 42.5. The van der Waals surface area contributed by atoms with Gasteiger partial charge in [-0.3, -0.25) is 0 Å². The number of hydrogen-bond donors (Lipinski definition) is 0. The van der Waals surface area contributed by atoms with E-state index in [-0.39, 0.29) is 17.8 Å². The lowest BCUT2D eigenvalue weighted by atomic mass is 10.1. The fourth-order valence-electron chi connectivity index (χ4n) is 3.65. The third-order valence-corrected chi connectivity index (χ3v) is 8.07. The minimum absolute atomic E-state index is 0.0163. The van der Waals surface area contributed by atoms with Crippen LogP contribution in [-0.4, -0.2) is 32.4 Å². The Balaban J connectivity index is 1.71. The summed E-state index contributed by atoms with van der Waals surface area (Å²) in [5.74, 6) is 0. The van der Waals surface area contributed by atoms with Gasteiger partial charge in [-0.05, 0) is 43.4 Å². The second-order valence-corrected chi connectivity index (χ2v) is 10.2. The Morgan fingerprint density at radius 1 is 1.03 bits per heavy atom. The highest BCUT2D eigenvalue weighted by atomic mass is 35.5. The van der Waals surface area contributed by atoms with Crippen LogP contribution in [0.5, 0.6) is 0 Å². The van der Waals surface area contributed by atoms with Crippen LogP contribution >= 0.6 is 46.3 Å². The minimum atomic E-state index is -4.35. The molecule has 5 rings (SSSR count). The normalized spacial score (nSPS) is 15.1. The Kier molecular flexibility index (Phi) is 5.71. The number of benzene rings is 2. The number of thioether (sulfide) groups is 1. The van der Waals surface area contributed by atoms with Crippen molar-refractivity contribution in [2.45, 2.75) is 29.3 Å². The van der Waals surface area contributed by atoms with Crippen molar-refractivity contribution >= 4 is 46.3 Å². The Labute approximate surface area is 205 Å². The SMILES string of the molecule is CSc1c(-c2nnc(C3(C(F)(F)F)CC3)s2)nn(-c2ccccc2Cl)c1-c1ccc(Cl)cc1. The molecule has 1 aliphatic carbocycles. The predicted molar refractivity (Wildman–Crippen MR) is 127 cm³/mol. The first kappa shape index (κ1) is 22.7. The lowest BCUT2D eigenvalue weighted by molar-refractivity contribution is -0.160. The Morgan fingerprint density at radius 3 is 2.33 bits per heavy atom. The molecule has 0 amide bonds. The first-order valence-corrected chi connectivity index (χ1v) is 12.6. The van der Waals surface area contributed by atoms with Gasteiger partial charge >= 0.3 is 6.18 Å². The summed E-state index contributed by atoms with van der Waals surface area (Å²) >= 11 is 14.9. The lowest BCUT2D eigenvalue weighted by Crippen LogP contribution is -2.28. The van der Waals surface area contributed by atoms with Gasteiger partial charge < -0.3 is 0 Å². The molecule has 2 aromatic carbocycles. The number of aromatic nitrogens is 4. The predicted octanol–water partition coefficient (Wildman–Crippen LogP) is 7.68. The first-order chi connectivity index (χ1) is 15.7. The van der Waals surface area contributed by atoms with E-state index in [0.717, 1.165) is 27.5 Å². The maximum atomic E-state index is 13.6. The molecule has 33 heavy (non-hydrogen) atoms. The van der Waals surface area contributed by atoms with E-state index in [1.54, 1.807) is 22.9 Å². The van der Waals surface area contributed by atoms with Crippen LogP contribution in [-0.2, 0) is 5.41 Å². The average Bonchev–Trinajstić information content (AvgIpc) is 3.32. The van der Waals surface area contributed by atoms with Gasteiger partial charge in [0.25, 0.3) is 0 Å². The number of nitrogens with zero attached hydrogens (tertiary/aromatic N) is 4. The van der Waals surface area contributed by atoms with Crippen molar-refractivity contribution in [1.82, 2.24) is 20.0 Å². The van der Waals surface area contributed by atoms with E-state index in [1.807, 2.05) is 36.6 Å². The van der Waals surface area contributed by atoms with E-state index in [2.05, 4.69) is 10.2 Å². The second kappa shape index (κ2) is 8.30. The molecule has 1 fully saturated rings. The molecule has 170 valence electrons. The molecule has 0 spiro atoms. The summed E-state index contributed by atoms with van der Waals surface area (Å²) in [6, 6.07) is 14.5. The van der Waals surface area contributed by atoms with Crippen LogP contribution in [0.3, 0.4) is 0 Å². The smallest absolute Gasteiger partial charge is 0.230 e.